The highest BCUT2D eigenvalue weighted by Gasteiger charge is 2.16. The van der Waals surface area contributed by atoms with Gasteiger partial charge in [0.05, 0.1) is 18.4 Å². The lowest BCUT2D eigenvalue weighted by Crippen LogP contribution is -2.17. The predicted molar refractivity (Wildman–Crippen MR) is 77.0 cm³/mol. The number of benzene rings is 1. The molecule has 1 aromatic carbocycles. The van der Waals surface area contributed by atoms with Gasteiger partial charge in [-0.2, -0.15) is 5.26 Å². The lowest BCUT2D eigenvalue weighted by Gasteiger charge is -2.11. The Morgan fingerprint density at radius 3 is 2.55 bits per heavy atom. The molecule has 100 valence electrons. The number of nitriles is 1. The van der Waals surface area contributed by atoms with Gasteiger partial charge in [-0.3, -0.25) is 0 Å². The van der Waals surface area contributed by atoms with Gasteiger partial charge >= 0.3 is 0 Å². The number of aliphatic imine (C=N–C) groups is 1. The molecule has 20 heavy (non-hydrogen) atoms. The van der Waals surface area contributed by atoms with Crippen molar-refractivity contribution < 1.29 is 9.57 Å². The standard InChI is InChI=1S/C15H13N3O2/c1-19-15-14(18-20-2)9-8-13(17-15)12(10-16)11-6-4-3-5-7-11/h3-9H,1-2H3/b13-12-,18-14+. The van der Waals surface area contributed by atoms with E-state index in [9.17, 15) is 5.26 Å². The SMILES string of the molecule is CO/N=C1C=C/C(=C(\C#N)c2ccccc2)N=C\1OC. The van der Waals surface area contributed by atoms with Crippen molar-refractivity contribution in [1.29, 1.82) is 5.26 Å². The van der Waals surface area contributed by atoms with Gasteiger partial charge in [0.15, 0.2) is 5.71 Å². The van der Waals surface area contributed by atoms with Crippen LogP contribution in [-0.2, 0) is 9.57 Å². The molecule has 1 aliphatic heterocycles. The molecular weight excluding hydrogens is 254 g/mol. The zero-order valence-electron chi connectivity index (χ0n) is 11.2. The first-order valence-corrected chi connectivity index (χ1v) is 5.92. The lowest BCUT2D eigenvalue weighted by atomic mass is 10.0. The molecule has 2 rings (SSSR count). The van der Waals surface area contributed by atoms with Crippen LogP contribution < -0.4 is 0 Å². The zero-order valence-corrected chi connectivity index (χ0v) is 11.2. The molecule has 1 aliphatic rings. The summed E-state index contributed by atoms with van der Waals surface area (Å²) >= 11 is 0. The summed E-state index contributed by atoms with van der Waals surface area (Å²) in [6.45, 7) is 0. The Balaban J connectivity index is 2.50. The Labute approximate surface area is 117 Å². The van der Waals surface area contributed by atoms with Crippen LogP contribution in [0, 0.1) is 11.3 Å². The summed E-state index contributed by atoms with van der Waals surface area (Å²) in [5.41, 5.74) is 2.29. The molecule has 0 saturated carbocycles. The van der Waals surface area contributed by atoms with Gasteiger partial charge in [-0.25, -0.2) is 4.99 Å². The molecule has 0 amide bonds. The lowest BCUT2D eigenvalue weighted by molar-refractivity contribution is 0.214. The maximum absolute atomic E-state index is 9.35. The summed E-state index contributed by atoms with van der Waals surface area (Å²) < 4.78 is 5.16. The Morgan fingerprint density at radius 1 is 1.20 bits per heavy atom. The third-order valence-corrected chi connectivity index (χ3v) is 2.65. The van der Waals surface area contributed by atoms with Gasteiger partial charge in [0.1, 0.15) is 13.2 Å². The van der Waals surface area contributed by atoms with Crippen LogP contribution in [0.2, 0.25) is 0 Å². The Hall–Kier alpha value is -2.87. The molecule has 0 bridgehead atoms. The molecule has 1 heterocycles. The number of hydrogen-bond acceptors (Lipinski definition) is 5. The highest BCUT2D eigenvalue weighted by molar-refractivity contribution is 6.44. The van der Waals surface area contributed by atoms with Crippen LogP contribution >= 0.6 is 0 Å². The van der Waals surface area contributed by atoms with Gasteiger partial charge in [-0.15, -0.1) is 0 Å². The average molecular weight is 267 g/mol. The first-order valence-electron chi connectivity index (χ1n) is 5.92. The minimum atomic E-state index is 0.313. The Morgan fingerprint density at radius 2 is 1.95 bits per heavy atom. The third kappa shape index (κ3) is 2.75. The van der Waals surface area contributed by atoms with Gasteiger partial charge in [0.25, 0.3) is 0 Å². The van der Waals surface area contributed by atoms with Gasteiger partial charge in [0, 0.05) is 0 Å². The minimum Gasteiger partial charge on any atom is -0.479 e. The fourth-order valence-corrected chi connectivity index (χ4v) is 1.76. The van der Waals surface area contributed by atoms with Crippen LogP contribution in [0.4, 0.5) is 0 Å². The molecule has 0 spiro atoms. The number of ether oxygens (including phenoxy) is 1. The van der Waals surface area contributed by atoms with E-state index in [1.54, 1.807) is 12.2 Å². The van der Waals surface area contributed by atoms with Gasteiger partial charge < -0.3 is 9.57 Å². The fraction of sp³-hybridized carbons (Fsp3) is 0.133. The second-order valence-corrected chi connectivity index (χ2v) is 3.85. The second kappa shape index (κ2) is 6.34. The second-order valence-electron chi connectivity index (χ2n) is 3.85. The number of oxime groups is 1. The summed E-state index contributed by atoms with van der Waals surface area (Å²) in [6, 6.07) is 11.5. The van der Waals surface area contributed by atoms with E-state index < -0.39 is 0 Å². The van der Waals surface area contributed by atoms with Crippen molar-refractivity contribution in [2.24, 2.45) is 10.1 Å². The van der Waals surface area contributed by atoms with Crippen LogP contribution in [0.25, 0.3) is 5.57 Å². The van der Waals surface area contributed by atoms with E-state index in [0.717, 1.165) is 5.56 Å². The van der Waals surface area contributed by atoms with Crippen molar-refractivity contribution in [2.75, 3.05) is 14.2 Å². The first-order chi connectivity index (χ1) is 9.80. The molecule has 5 heteroatoms. The van der Waals surface area contributed by atoms with E-state index in [1.807, 2.05) is 30.3 Å². The van der Waals surface area contributed by atoms with Crippen LogP contribution in [0.15, 0.2) is 58.3 Å². The molecule has 0 aliphatic carbocycles. The summed E-state index contributed by atoms with van der Waals surface area (Å²) in [5, 5.41) is 13.1. The van der Waals surface area contributed by atoms with E-state index in [1.165, 1.54) is 14.2 Å². The van der Waals surface area contributed by atoms with E-state index in [0.29, 0.717) is 22.9 Å². The minimum absolute atomic E-state index is 0.313. The molecule has 0 saturated heterocycles. The number of dihydropyridines is 1. The number of allylic oxidation sites excluding steroid dienone is 2. The van der Waals surface area contributed by atoms with Gasteiger partial charge in [-0.05, 0) is 17.7 Å². The maximum atomic E-state index is 9.35. The van der Waals surface area contributed by atoms with E-state index in [-0.39, 0.29) is 0 Å². The molecule has 0 N–H and O–H groups in total. The van der Waals surface area contributed by atoms with Crippen molar-refractivity contribution in [3.05, 3.63) is 53.7 Å². The summed E-state index contributed by atoms with van der Waals surface area (Å²) in [4.78, 5) is 9.02. The van der Waals surface area contributed by atoms with E-state index in [4.69, 9.17) is 9.57 Å². The van der Waals surface area contributed by atoms with Crippen molar-refractivity contribution in [1.82, 2.24) is 0 Å². The van der Waals surface area contributed by atoms with Gasteiger partial charge in [-0.1, -0.05) is 35.5 Å². The normalized spacial score (nSPS) is 18.2. The number of nitrogens with zero attached hydrogens (tertiary/aromatic N) is 3. The number of methoxy groups -OCH3 is 1. The Bertz CT molecular complexity index is 649. The van der Waals surface area contributed by atoms with Crippen LogP contribution in [0.5, 0.6) is 0 Å². The summed E-state index contributed by atoms with van der Waals surface area (Å²) in [6.07, 6.45) is 3.41. The molecule has 1 aromatic rings. The Kier molecular flexibility index (Phi) is 4.30. The van der Waals surface area contributed by atoms with Crippen molar-refractivity contribution in [2.45, 2.75) is 0 Å². The highest BCUT2D eigenvalue weighted by Crippen LogP contribution is 2.22. The summed E-state index contributed by atoms with van der Waals surface area (Å²) in [7, 11) is 2.94. The molecule has 0 unspecified atom stereocenters. The van der Waals surface area contributed by atoms with E-state index in [2.05, 4.69) is 16.2 Å². The zero-order chi connectivity index (χ0) is 14.4. The quantitative estimate of drug-likeness (QED) is 0.611. The van der Waals surface area contributed by atoms with Gasteiger partial charge in [0.2, 0.25) is 5.90 Å². The third-order valence-electron chi connectivity index (χ3n) is 2.65. The molecule has 5 nitrogen and oxygen atoms in total. The topological polar surface area (TPSA) is 67.0 Å². The van der Waals surface area contributed by atoms with E-state index >= 15 is 0 Å². The van der Waals surface area contributed by atoms with Crippen LogP contribution in [0.1, 0.15) is 5.56 Å². The smallest absolute Gasteiger partial charge is 0.243 e. The highest BCUT2D eigenvalue weighted by atomic mass is 16.6. The van der Waals surface area contributed by atoms with Crippen molar-refractivity contribution >= 4 is 17.2 Å². The molecule has 0 atom stereocenters. The predicted octanol–water partition coefficient (Wildman–Crippen LogP) is 2.54. The number of hydrogen-bond donors (Lipinski definition) is 0. The molecule has 0 fully saturated rings. The first kappa shape index (κ1) is 13.6. The fourth-order valence-electron chi connectivity index (χ4n) is 1.76. The largest absolute Gasteiger partial charge is 0.479 e. The van der Waals surface area contributed by atoms with Crippen LogP contribution in [0.3, 0.4) is 0 Å². The molecule has 0 radical (unpaired) electrons. The number of rotatable bonds is 2. The summed E-state index contributed by atoms with van der Waals surface area (Å²) in [5.74, 6) is 0.313. The maximum Gasteiger partial charge on any atom is 0.243 e. The molecular formula is C15H13N3O2. The average Bonchev–Trinajstić information content (AvgIpc) is 2.50. The van der Waals surface area contributed by atoms with Crippen molar-refractivity contribution in [3.8, 4) is 6.07 Å². The molecule has 0 aromatic heterocycles. The van der Waals surface area contributed by atoms with Crippen molar-refractivity contribution in [3.63, 3.8) is 0 Å². The van der Waals surface area contributed by atoms with Crippen LogP contribution in [-0.4, -0.2) is 25.8 Å². The monoisotopic (exact) mass is 267 g/mol.